The first-order valence-corrected chi connectivity index (χ1v) is 8.61. The number of nitrogens with zero attached hydrogens (tertiary/aromatic N) is 2. The van der Waals surface area contributed by atoms with Gasteiger partial charge in [-0.25, -0.2) is 9.18 Å². The van der Waals surface area contributed by atoms with Crippen molar-refractivity contribution in [2.45, 2.75) is 20.3 Å². The molecule has 0 fully saturated rings. The van der Waals surface area contributed by atoms with Crippen LogP contribution in [0.25, 0.3) is 0 Å². The van der Waals surface area contributed by atoms with E-state index >= 15 is 0 Å². The fourth-order valence-electron chi connectivity index (χ4n) is 2.29. The first-order chi connectivity index (χ1) is 13.0. The Morgan fingerprint density at radius 2 is 2.07 bits per heavy atom. The van der Waals surface area contributed by atoms with Crippen molar-refractivity contribution in [1.82, 2.24) is 10.1 Å². The molecule has 0 aliphatic carbocycles. The lowest BCUT2D eigenvalue weighted by Gasteiger charge is -2.22. The molecule has 0 unspecified atom stereocenters. The Balaban J connectivity index is 1.99. The molecule has 1 aromatic heterocycles. The van der Waals surface area contributed by atoms with Crippen LogP contribution in [0.5, 0.6) is 0 Å². The highest BCUT2D eigenvalue weighted by molar-refractivity contribution is 5.96. The van der Waals surface area contributed by atoms with E-state index in [1.807, 2.05) is 6.92 Å². The minimum atomic E-state index is -0.580. The van der Waals surface area contributed by atoms with E-state index in [1.165, 1.54) is 23.1 Å². The van der Waals surface area contributed by atoms with E-state index in [-0.39, 0.29) is 24.6 Å². The summed E-state index contributed by atoms with van der Waals surface area (Å²) in [6, 6.07) is 6.81. The maximum Gasteiger partial charge on any atom is 0.322 e. The molecule has 2 aromatic rings. The first kappa shape index (κ1) is 20.4. The fourth-order valence-corrected chi connectivity index (χ4v) is 2.29. The molecule has 1 heterocycles. The second-order valence-corrected chi connectivity index (χ2v) is 5.75. The molecule has 3 amide bonds. The number of carbonyl (C=O) groups excluding carboxylic acids is 2. The van der Waals surface area contributed by atoms with Gasteiger partial charge in [-0.1, -0.05) is 17.3 Å². The van der Waals surface area contributed by atoms with Crippen LogP contribution in [0.3, 0.4) is 0 Å². The number of anilines is 2. The molecule has 0 aliphatic rings. The summed E-state index contributed by atoms with van der Waals surface area (Å²) in [5.41, 5.74) is 0.0462. The Morgan fingerprint density at radius 1 is 1.30 bits per heavy atom. The van der Waals surface area contributed by atoms with E-state index in [9.17, 15) is 14.0 Å². The Morgan fingerprint density at radius 3 is 2.74 bits per heavy atom. The third kappa shape index (κ3) is 6.70. The lowest BCUT2D eigenvalue weighted by Crippen LogP contribution is -2.41. The summed E-state index contributed by atoms with van der Waals surface area (Å²) in [5, 5.41) is 8.71. The predicted octanol–water partition coefficient (Wildman–Crippen LogP) is 3.02. The standard InChI is InChI=1S/C18H23FN4O4/c1-3-26-10-6-9-23(12-17(24)21-16-11-13(2)27-22-16)18(25)20-15-8-5-4-7-14(15)19/h4-5,7-8,11H,3,6,9-10,12H2,1-2H3,(H,20,25)(H,21,22,24). The van der Waals surface area contributed by atoms with Crippen molar-refractivity contribution in [3.63, 3.8) is 0 Å². The highest BCUT2D eigenvalue weighted by Crippen LogP contribution is 2.13. The number of benzene rings is 1. The van der Waals surface area contributed by atoms with Gasteiger partial charge in [-0.15, -0.1) is 0 Å². The molecule has 2 N–H and O–H groups in total. The smallest absolute Gasteiger partial charge is 0.322 e. The number of aromatic nitrogens is 1. The van der Waals surface area contributed by atoms with Crippen molar-refractivity contribution in [2.24, 2.45) is 0 Å². The Kier molecular flexibility index (Phi) is 7.75. The largest absolute Gasteiger partial charge is 0.382 e. The van der Waals surface area contributed by atoms with Crippen LogP contribution in [0.2, 0.25) is 0 Å². The maximum atomic E-state index is 13.8. The topological polar surface area (TPSA) is 96.7 Å². The second kappa shape index (κ2) is 10.3. The zero-order chi connectivity index (χ0) is 19.6. The first-order valence-electron chi connectivity index (χ1n) is 8.61. The van der Waals surface area contributed by atoms with Crippen LogP contribution in [0.1, 0.15) is 19.1 Å². The Labute approximate surface area is 156 Å². The summed E-state index contributed by atoms with van der Waals surface area (Å²) >= 11 is 0. The van der Waals surface area contributed by atoms with Gasteiger partial charge >= 0.3 is 6.03 Å². The number of aryl methyl sites for hydroxylation is 1. The molecule has 9 heteroatoms. The van der Waals surface area contributed by atoms with Gasteiger partial charge in [-0.3, -0.25) is 4.79 Å². The minimum Gasteiger partial charge on any atom is -0.382 e. The number of rotatable bonds is 9. The summed E-state index contributed by atoms with van der Waals surface area (Å²) in [7, 11) is 0. The van der Waals surface area contributed by atoms with Gasteiger partial charge in [0.1, 0.15) is 18.1 Å². The molecular weight excluding hydrogens is 355 g/mol. The van der Waals surface area contributed by atoms with Gasteiger partial charge < -0.3 is 24.8 Å². The summed E-state index contributed by atoms with van der Waals surface area (Å²) in [6.07, 6.45) is 0.537. The van der Waals surface area contributed by atoms with Gasteiger partial charge in [-0.05, 0) is 32.4 Å². The van der Waals surface area contributed by atoms with Crippen LogP contribution in [0.4, 0.5) is 20.7 Å². The van der Waals surface area contributed by atoms with E-state index < -0.39 is 17.8 Å². The molecule has 27 heavy (non-hydrogen) atoms. The molecule has 2 rings (SSSR count). The van der Waals surface area contributed by atoms with Crippen LogP contribution in [0.15, 0.2) is 34.9 Å². The van der Waals surface area contributed by atoms with E-state index in [0.29, 0.717) is 25.4 Å². The van der Waals surface area contributed by atoms with Crippen molar-refractivity contribution >= 4 is 23.4 Å². The van der Waals surface area contributed by atoms with Crippen molar-refractivity contribution in [3.05, 3.63) is 41.9 Å². The second-order valence-electron chi connectivity index (χ2n) is 5.75. The minimum absolute atomic E-state index is 0.0462. The van der Waals surface area contributed by atoms with E-state index in [0.717, 1.165) is 0 Å². The predicted molar refractivity (Wildman–Crippen MR) is 98.0 cm³/mol. The quantitative estimate of drug-likeness (QED) is 0.654. The van der Waals surface area contributed by atoms with Crippen LogP contribution in [-0.4, -0.2) is 48.3 Å². The molecule has 0 atom stereocenters. The number of halogens is 1. The molecule has 1 aromatic carbocycles. The molecule has 0 bridgehead atoms. The number of nitrogens with one attached hydrogen (secondary N) is 2. The molecule has 0 saturated heterocycles. The van der Waals surface area contributed by atoms with Gasteiger partial charge in [0, 0.05) is 25.8 Å². The molecule has 146 valence electrons. The van der Waals surface area contributed by atoms with Crippen molar-refractivity contribution in [1.29, 1.82) is 0 Å². The average molecular weight is 378 g/mol. The number of amides is 3. The molecule has 8 nitrogen and oxygen atoms in total. The molecule has 0 spiro atoms. The summed E-state index contributed by atoms with van der Waals surface area (Å²) in [5.74, 6) is -0.177. The van der Waals surface area contributed by atoms with Gasteiger partial charge in [0.15, 0.2) is 5.82 Å². The highest BCUT2D eigenvalue weighted by Gasteiger charge is 2.19. The van der Waals surface area contributed by atoms with E-state index in [2.05, 4.69) is 15.8 Å². The molecule has 0 aliphatic heterocycles. The van der Waals surface area contributed by atoms with Crippen LogP contribution < -0.4 is 10.6 Å². The number of hydrogen-bond acceptors (Lipinski definition) is 5. The zero-order valence-electron chi connectivity index (χ0n) is 15.3. The van der Waals surface area contributed by atoms with Crippen molar-refractivity contribution in [3.8, 4) is 0 Å². The van der Waals surface area contributed by atoms with Crippen molar-refractivity contribution < 1.29 is 23.2 Å². The number of urea groups is 1. The van der Waals surface area contributed by atoms with Gasteiger partial charge in [0.25, 0.3) is 0 Å². The van der Waals surface area contributed by atoms with Crippen molar-refractivity contribution in [2.75, 3.05) is 36.9 Å². The van der Waals surface area contributed by atoms with Gasteiger partial charge in [-0.2, -0.15) is 0 Å². The third-order valence-corrected chi connectivity index (χ3v) is 3.55. The number of hydrogen-bond donors (Lipinski definition) is 2. The van der Waals surface area contributed by atoms with E-state index in [1.54, 1.807) is 19.1 Å². The average Bonchev–Trinajstić information content (AvgIpc) is 3.04. The normalized spacial score (nSPS) is 10.5. The monoisotopic (exact) mass is 378 g/mol. The van der Waals surface area contributed by atoms with Crippen LogP contribution >= 0.6 is 0 Å². The number of para-hydroxylation sites is 1. The Bertz CT molecular complexity index is 765. The molecule has 0 radical (unpaired) electrons. The van der Waals surface area contributed by atoms with E-state index in [4.69, 9.17) is 9.26 Å². The summed E-state index contributed by atoms with van der Waals surface area (Å²) in [6.45, 7) is 4.63. The fraction of sp³-hybridized carbons (Fsp3) is 0.389. The van der Waals surface area contributed by atoms with Gasteiger partial charge in [0.2, 0.25) is 5.91 Å². The van der Waals surface area contributed by atoms with Gasteiger partial charge in [0.05, 0.1) is 5.69 Å². The molecular formula is C18H23FN4O4. The number of carbonyl (C=O) groups is 2. The maximum absolute atomic E-state index is 13.8. The third-order valence-electron chi connectivity index (χ3n) is 3.55. The Hall–Kier alpha value is -2.94. The molecule has 0 saturated carbocycles. The zero-order valence-corrected chi connectivity index (χ0v) is 15.3. The SMILES string of the molecule is CCOCCCN(CC(=O)Nc1cc(C)on1)C(=O)Nc1ccccc1F. The summed E-state index contributed by atoms with van der Waals surface area (Å²) in [4.78, 5) is 26.0. The lowest BCUT2D eigenvalue weighted by atomic mass is 10.3. The van der Waals surface area contributed by atoms with Crippen LogP contribution in [-0.2, 0) is 9.53 Å². The number of ether oxygens (including phenoxy) is 1. The summed E-state index contributed by atoms with van der Waals surface area (Å²) < 4.78 is 23.9. The highest BCUT2D eigenvalue weighted by atomic mass is 19.1. The van der Waals surface area contributed by atoms with Crippen LogP contribution in [0, 0.1) is 12.7 Å². The lowest BCUT2D eigenvalue weighted by molar-refractivity contribution is -0.116.